The molecule has 0 aliphatic heterocycles. The summed E-state index contributed by atoms with van der Waals surface area (Å²) in [7, 11) is 0. The first-order chi connectivity index (χ1) is 4.41. The van der Waals surface area contributed by atoms with Crippen LogP contribution in [0.15, 0.2) is 10.1 Å². The largest absolute Gasteiger partial charge is 0.384 e. The maximum Gasteiger partial charge on any atom is 0.276 e. The van der Waals surface area contributed by atoms with E-state index < -0.39 is 0 Å². The monoisotopic (exact) mass is 128 g/mol. The molecule has 0 rings (SSSR count). The van der Waals surface area contributed by atoms with E-state index in [9.17, 15) is 9.59 Å². The van der Waals surface area contributed by atoms with E-state index in [-0.39, 0.29) is 13.2 Å². The Labute approximate surface area is 51.0 Å². The van der Waals surface area contributed by atoms with Gasteiger partial charge >= 0.3 is 0 Å². The lowest BCUT2D eigenvalue weighted by molar-refractivity contribution is 0.152. The maximum atomic E-state index is 9.38. The first-order valence-corrected chi connectivity index (χ1v) is 2.14. The Morgan fingerprint density at radius 1 is 1.33 bits per heavy atom. The highest BCUT2D eigenvalue weighted by Crippen LogP contribution is 1.72. The molecule has 0 saturated carbocycles. The van der Waals surface area contributed by atoms with Crippen LogP contribution in [0.5, 0.6) is 0 Å². The van der Waals surface area contributed by atoms with Crippen molar-refractivity contribution < 1.29 is 14.4 Å². The first kappa shape index (κ1) is 7.56. The van der Waals surface area contributed by atoms with Crippen LogP contribution in [0.25, 0.3) is 0 Å². The quantitative estimate of drug-likeness (QED) is 0.223. The van der Waals surface area contributed by atoms with E-state index in [1.54, 1.807) is 0 Å². The van der Waals surface area contributed by atoms with Crippen LogP contribution in [0, 0.1) is 0 Å². The van der Waals surface area contributed by atoms with Gasteiger partial charge in [0.2, 0.25) is 6.08 Å². The average molecular weight is 128 g/mol. The van der Waals surface area contributed by atoms with Crippen LogP contribution in [0.3, 0.4) is 0 Å². The zero-order valence-electron chi connectivity index (χ0n) is 4.53. The summed E-state index contributed by atoms with van der Waals surface area (Å²) in [5.74, 6) is 0. The number of rotatable bonds is 4. The molecule has 0 aromatic carbocycles. The fourth-order valence-corrected chi connectivity index (χ4v) is 0.204. The molecule has 0 aliphatic rings. The van der Waals surface area contributed by atoms with Crippen LogP contribution < -0.4 is 0 Å². The van der Waals surface area contributed by atoms with Crippen molar-refractivity contribution in [2.75, 3.05) is 13.2 Å². The second kappa shape index (κ2) is 6.56. The maximum absolute atomic E-state index is 9.38. The van der Waals surface area contributed by atoms with Crippen molar-refractivity contribution in [1.29, 1.82) is 0 Å². The SMILES string of the molecule is O=C=NCCON=C=O. The summed E-state index contributed by atoms with van der Waals surface area (Å²) < 4.78 is 0. The number of nitrogens with zero attached hydrogens (tertiary/aromatic N) is 2. The molecule has 0 amide bonds. The Balaban J connectivity index is 3.09. The van der Waals surface area contributed by atoms with Gasteiger partial charge in [0.15, 0.2) is 0 Å². The molecule has 0 aromatic rings. The van der Waals surface area contributed by atoms with Gasteiger partial charge in [-0.25, -0.2) is 14.6 Å². The lowest BCUT2D eigenvalue weighted by Gasteiger charge is -1.86. The van der Waals surface area contributed by atoms with E-state index in [0.717, 1.165) is 6.08 Å². The lowest BCUT2D eigenvalue weighted by atomic mass is 10.7. The van der Waals surface area contributed by atoms with Gasteiger partial charge in [0.05, 0.1) is 6.54 Å². The number of hydrogen-bond donors (Lipinski definition) is 0. The third-order valence-electron chi connectivity index (χ3n) is 0.461. The smallest absolute Gasteiger partial charge is 0.276 e. The fourth-order valence-electron chi connectivity index (χ4n) is 0.204. The van der Waals surface area contributed by atoms with Crippen molar-refractivity contribution in [3.63, 3.8) is 0 Å². The summed E-state index contributed by atoms with van der Waals surface area (Å²) >= 11 is 0. The molecule has 0 bridgehead atoms. The zero-order valence-corrected chi connectivity index (χ0v) is 4.53. The minimum absolute atomic E-state index is 0.102. The number of isocyanates is 2. The predicted octanol–water partition coefficient (Wildman–Crippen LogP) is -0.410. The first-order valence-electron chi connectivity index (χ1n) is 2.14. The Hall–Kier alpha value is -1.44. The molecular weight excluding hydrogens is 124 g/mol. The highest BCUT2D eigenvalue weighted by atomic mass is 16.6. The molecule has 0 aromatic heterocycles. The normalized spacial score (nSPS) is 6.67. The molecule has 0 radical (unpaired) electrons. The molecule has 0 aliphatic carbocycles. The average Bonchev–Trinajstić information content (AvgIpc) is 1.89. The molecule has 0 fully saturated rings. The number of hydrogen-bond acceptors (Lipinski definition) is 5. The molecular formula is C4H4N2O3. The molecule has 0 unspecified atom stereocenters. The van der Waals surface area contributed by atoms with E-state index in [0.29, 0.717) is 0 Å². The van der Waals surface area contributed by atoms with Gasteiger partial charge in [-0.1, -0.05) is 0 Å². The standard InChI is InChI=1S/C4H4N2O3/c7-3-5-1-2-9-6-4-8/h1-2H2. The van der Waals surface area contributed by atoms with Crippen molar-refractivity contribution in [2.24, 2.45) is 10.1 Å². The minimum atomic E-state index is 0.102. The van der Waals surface area contributed by atoms with Crippen LogP contribution in [-0.2, 0) is 14.4 Å². The summed E-state index contributed by atoms with van der Waals surface area (Å²) in [6, 6.07) is 0. The number of carbonyl (C=O) groups excluding carboxylic acids is 2. The van der Waals surface area contributed by atoms with Gasteiger partial charge < -0.3 is 4.84 Å². The van der Waals surface area contributed by atoms with Gasteiger partial charge in [0, 0.05) is 5.16 Å². The number of aliphatic imine (C=N–C) groups is 1. The molecule has 0 atom stereocenters. The van der Waals surface area contributed by atoms with E-state index >= 15 is 0 Å². The van der Waals surface area contributed by atoms with E-state index in [4.69, 9.17) is 0 Å². The molecule has 48 valence electrons. The van der Waals surface area contributed by atoms with Gasteiger partial charge in [-0.05, 0) is 0 Å². The highest BCUT2D eigenvalue weighted by Gasteiger charge is 1.78. The summed E-state index contributed by atoms with van der Waals surface area (Å²) in [4.78, 5) is 26.0. The van der Waals surface area contributed by atoms with Crippen LogP contribution in [-0.4, -0.2) is 25.3 Å². The lowest BCUT2D eigenvalue weighted by Crippen LogP contribution is -1.90. The van der Waals surface area contributed by atoms with Gasteiger partial charge in [-0.15, -0.1) is 0 Å². The van der Waals surface area contributed by atoms with Crippen molar-refractivity contribution in [2.45, 2.75) is 0 Å². The van der Waals surface area contributed by atoms with E-state index in [1.807, 2.05) is 0 Å². The van der Waals surface area contributed by atoms with E-state index in [2.05, 4.69) is 15.0 Å². The summed E-state index contributed by atoms with van der Waals surface area (Å²) in [5.41, 5.74) is 0. The molecule has 5 heteroatoms. The fraction of sp³-hybridized carbons (Fsp3) is 0.500. The zero-order chi connectivity index (χ0) is 6.95. The van der Waals surface area contributed by atoms with Gasteiger partial charge in [0.1, 0.15) is 6.61 Å². The summed E-state index contributed by atoms with van der Waals surface area (Å²) in [6.45, 7) is 0.263. The molecule has 0 N–H and O–H groups in total. The van der Waals surface area contributed by atoms with Crippen LogP contribution >= 0.6 is 0 Å². The van der Waals surface area contributed by atoms with Gasteiger partial charge in [-0.2, -0.15) is 0 Å². The second-order valence-corrected chi connectivity index (χ2v) is 0.989. The summed E-state index contributed by atoms with van der Waals surface area (Å²) in [5, 5.41) is 2.75. The second-order valence-electron chi connectivity index (χ2n) is 0.989. The Bertz CT molecular complexity index is 137. The van der Waals surface area contributed by atoms with Crippen molar-refractivity contribution in [3.8, 4) is 0 Å². The Morgan fingerprint density at radius 3 is 2.67 bits per heavy atom. The highest BCUT2D eigenvalue weighted by molar-refractivity contribution is 5.32. The third-order valence-corrected chi connectivity index (χ3v) is 0.461. The van der Waals surface area contributed by atoms with E-state index in [1.165, 1.54) is 6.08 Å². The molecule has 0 saturated heterocycles. The Kier molecular flexibility index (Phi) is 5.51. The molecule has 5 nitrogen and oxygen atoms in total. The van der Waals surface area contributed by atoms with Crippen LogP contribution in [0.1, 0.15) is 0 Å². The topological polar surface area (TPSA) is 68.1 Å². The minimum Gasteiger partial charge on any atom is -0.384 e. The van der Waals surface area contributed by atoms with Gasteiger partial charge in [-0.3, -0.25) is 0 Å². The third kappa shape index (κ3) is 6.56. The Morgan fingerprint density at radius 2 is 2.11 bits per heavy atom. The van der Waals surface area contributed by atoms with Crippen molar-refractivity contribution >= 4 is 12.2 Å². The summed E-state index contributed by atoms with van der Waals surface area (Å²) in [6.07, 6.45) is 2.46. The molecule has 0 spiro atoms. The van der Waals surface area contributed by atoms with Crippen molar-refractivity contribution in [1.82, 2.24) is 0 Å². The van der Waals surface area contributed by atoms with Gasteiger partial charge in [0.25, 0.3) is 6.08 Å². The van der Waals surface area contributed by atoms with Crippen LogP contribution in [0.4, 0.5) is 0 Å². The van der Waals surface area contributed by atoms with Crippen molar-refractivity contribution in [3.05, 3.63) is 0 Å². The molecule has 9 heavy (non-hydrogen) atoms. The van der Waals surface area contributed by atoms with Crippen LogP contribution in [0.2, 0.25) is 0 Å². The molecule has 0 heterocycles. The predicted molar refractivity (Wildman–Crippen MR) is 27.1 cm³/mol.